The van der Waals surface area contributed by atoms with Crippen LogP contribution in [-0.4, -0.2) is 50.1 Å². The number of methoxy groups -OCH3 is 1. The van der Waals surface area contributed by atoms with Crippen molar-refractivity contribution in [1.82, 2.24) is 9.62 Å². The molecule has 0 unspecified atom stereocenters. The van der Waals surface area contributed by atoms with Crippen molar-refractivity contribution in [2.24, 2.45) is 0 Å². The first-order chi connectivity index (χ1) is 11.0. The Kier molecular flexibility index (Phi) is 6.27. The first-order valence-corrected chi connectivity index (χ1v) is 8.57. The van der Waals surface area contributed by atoms with E-state index in [2.05, 4.69) is 9.46 Å². The maximum Gasteiger partial charge on any atom is 0.409 e. The molecule has 0 spiro atoms. The van der Waals surface area contributed by atoms with Gasteiger partial charge >= 0.3 is 6.09 Å². The highest BCUT2D eigenvalue weighted by Gasteiger charge is 2.29. The fourth-order valence-corrected chi connectivity index (χ4v) is 3.21. The minimum absolute atomic E-state index is 0.0516. The summed E-state index contributed by atoms with van der Waals surface area (Å²) < 4.78 is 31.5. The van der Waals surface area contributed by atoms with Crippen molar-refractivity contribution in [1.29, 1.82) is 0 Å². The lowest BCUT2D eigenvalue weighted by atomic mass is 10.1. The third-order valence-corrected chi connectivity index (χ3v) is 4.69. The number of sulfonamides is 1. The molecule has 0 saturated carbocycles. The first kappa shape index (κ1) is 19.8. The van der Waals surface area contributed by atoms with Gasteiger partial charge in [0.15, 0.2) is 4.90 Å². The molecule has 0 aromatic heterocycles. The SMILES string of the molecule is COC(=O)N(CCNS(=O)(=O)c1ccccc1[N+](=O)[O-])C(C)(C)C. The van der Waals surface area contributed by atoms with Gasteiger partial charge in [0.25, 0.3) is 5.69 Å². The Morgan fingerprint density at radius 1 is 1.33 bits per heavy atom. The molecule has 24 heavy (non-hydrogen) atoms. The zero-order chi connectivity index (χ0) is 18.5. The van der Waals surface area contributed by atoms with Gasteiger partial charge in [0, 0.05) is 24.7 Å². The molecule has 0 fully saturated rings. The van der Waals surface area contributed by atoms with E-state index in [1.165, 1.54) is 24.1 Å². The second kappa shape index (κ2) is 7.58. The van der Waals surface area contributed by atoms with Crippen molar-refractivity contribution < 1.29 is 22.9 Å². The van der Waals surface area contributed by atoms with Gasteiger partial charge in [-0.25, -0.2) is 17.9 Å². The monoisotopic (exact) mass is 359 g/mol. The molecule has 0 radical (unpaired) electrons. The van der Waals surface area contributed by atoms with Gasteiger partial charge in [0.1, 0.15) is 0 Å². The van der Waals surface area contributed by atoms with Gasteiger partial charge in [-0.05, 0) is 26.8 Å². The lowest BCUT2D eigenvalue weighted by Gasteiger charge is -2.34. The number of rotatable bonds is 6. The summed E-state index contributed by atoms with van der Waals surface area (Å²) in [5.74, 6) is 0. The van der Waals surface area contributed by atoms with Gasteiger partial charge in [-0.3, -0.25) is 10.1 Å². The minimum atomic E-state index is -4.08. The smallest absolute Gasteiger partial charge is 0.409 e. The van der Waals surface area contributed by atoms with Gasteiger partial charge in [0.2, 0.25) is 10.0 Å². The maximum absolute atomic E-state index is 12.3. The van der Waals surface area contributed by atoms with Crippen molar-refractivity contribution in [3.8, 4) is 0 Å². The Bertz CT molecular complexity index is 711. The van der Waals surface area contributed by atoms with E-state index in [0.717, 1.165) is 12.1 Å². The van der Waals surface area contributed by atoms with Crippen LogP contribution in [0.15, 0.2) is 29.2 Å². The van der Waals surface area contributed by atoms with E-state index in [9.17, 15) is 23.3 Å². The Morgan fingerprint density at radius 3 is 2.42 bits per heavy atom. The lowest BCUT2D eigenvalue weighted by Crippen LogP contribution is -2.48. The van der Waals surface area contributed by atoms with Gasteiger partial charge in [-0.1, -0.05) is 12.1 Å². The fraction of sp³-hybridized carbons (Fsp3) is 0.500. The molecule has 1 aromatic rings. The highest BCUT2D eigenvalue weighted by Crippen LogP contribution is 2.22. The first-order valence-electron chi connectivity index (χ1n) is 7.09. The molecule has 134 valence electrons. The number of carbonyl (C=O) groups excluding carboxylic acids is 1. The fourth-order valence-electron chi connectivity index (χ4n) is 2.02. The Morgan fingerprint density at radius 2 is 1.92 bits per heavy atom. The number of nitro benzene ring substituents is 1. The van der Waals surface area contributed by atoms with Crippen LogP contribution in [0.3, 0.4) is 0 Å². The summed E-state index contributed by atoms with van der Waals surface area (Å²) in [6, 6.07) is 5.06. The van der Waals surface area contributed by atoms with Crippen molar-refractivity contribution in [2.45, 2.75) is 31.2 Å². The predicted octanol–water partition coefficient (Wildman–Crippen LogP) is 1.74. The standard InChI is InChI=1S/C14H21N3O6S/c1-14(2,3)16(13(18)23-4)10-9-15-24(21,22)12-8-6-5-7-11(12)17(19)20/h5-8,15H,9-10H2,1-4H3. The van der Waals surface area contributed by atoms with Crippen LogP contribution < -0.4 is 4.72 Å². The molecule has 0 aliphatic heterocycles. The number of hydrogen-bond donors (Lipinski definition) is 1. The summed E-state index contributed by atoms with van der Waals surface area (Å²) in [4.78, 5) is 22.9. The molecular formula is C14H21N3O6S. The minimum Gasteiger partial charge on any atom is -0.453 e. The Balaban J connectivity index is 2.90. The predicted molar refractivity (Wildman–Crippen MR) is 87.1 cm³/mol. The lowest BCUT2D eigenvalue weighted by molar-refractivity contribution is -0.387. The van der Waals surface area contributed by atoms with Crippen LogP contribution in [0.25, 0.3) is 0 Å². The van der Waals surface area contributed by atoms with E-state index < -0.39 is 37.2 Å². The van der Waals surface area contributed by atoms with E-state index in [1.807, 2.05) is 0 Å². The number of amides is 1. The number of carbonyl (C=O) groups is 1. The zero-order valence-electron chi connectivity index (χ0n) is 14.0. The summed E-state index contributed by atoms with van der Waals surface area (Å²) in [5, 5.41) is 11.0. The number of nitrogens with zero attached hydrogens (tertiary/aromatic N) is 2. The summed E-state index contributed by atoms with van der Waals surface area (Å²) in [7, 11) is -2.85. The van der Waals surface area contributed by atoms with Gasteiger partial charge in [-0.2, -0.15) is 0 Å². The van der Waals surface area contributed by atoms with Crippen LogP contribution in [0.1, 0.15) is 20.8 Å². The number of benzene rings is 1. The summed E-state index contributed by atoms with van der Waals surface area (Å²) >= 11 is 0. The second-order valence-corrected chi connectivity index (χ2v) is 7.65. The van der Waals surface area contributed by atoms with Crippen LogP contribution in [-0.2, 0) is 14.8 Å². The molecule has 0 aliphatic rings. The van der Waals surface area contributed by atoms with E-state index >= 15 is 0 Å². The summed E-state index contributed by atoms with van der Waals surface area (Å²) in [6.07, 6.45) is -0.590. The highest BCUT2D eigenvalue weighted by molar-refractivity contribution is 7.89. The van der Waals surface area contributed by atoms with Gasteiger partial charge in [-0.15, -0.1) is 0 Å². The average molecular weight is 359 g/mol. The third kappa shape index (κ3) is 4.90. The topological polar surface area (TPSA) is 119 Å². The van der Waals surface area contributed by atoms with Crippen molar-refractivity contribution in [3.63, 3.8) is 0 Å². The van der Waals surface area contributed by atoms with E-state index in [0.29, 0.717) is 0 Å². The van der Waals surface area contributed by atoms with E-state index in [4.69, 9.17) is 0 Å². The molecular weight excluding hydrogens is 338 g/mol. The van der Waals surface area contributed by atoms with Crippen LogP contribution in [0.4, 0.5) is 10.5 Å². The van der Waals surface area contributed by atoms with Crippen molar-refractivity contribution in [3.05, 3.63) is 34.4 Å². The van der Waals surface area contributed by atoms with Crippen molar-refractivity contribution in [2.75, 3.05) is 20.2 Å². The number of hydrogen-bond acceptors (Lipinski definition) is 6. The van der Waals surface area contributed by atoms with Crippen molar-refractivity contribution >= 4 is 21.8 Å². The highest BCUT2D eigenvalue weighted by atomic mass is 32.2. The molecule has 0 heterocycles. The maximum atomic E-state index is 12.3. The van der Waals surface area contributed by atoms with Gasteiger partial charge in [0.05, 0.1) is 12.0 Å². The molecule has 1 N–H and O–H groups in total. The second-order valence-electron chi connectivity index (χ2n) is 5.92. The molecule has 0 saturated heterocycles. The number of ether oxygens (including phenoxy) is 1. The molecule has 10 heteroatoms. The molecule has 0 atom stereocenters. The van der Waals surface area contributed by atoms with Gasteiger partial charge < -0.3 is 9.64 Å². The molecule has 1 aromatic carbocycles. The average Bonchev–Trinajstić information content (AvgIpc) is 2.49. The van der Waals surface area contributed by atoms with E-state index in [-0.39, 0.29) is 13.1 Å². The van der Waals surface area contributed by atoms with Crippen LogP contribution >= 0.6 is 0 Å². The molecule has 1 amide bonds. The third-order valence-electron chi connectivity index (χ3n) is 3.18. The molecule has 0 aliphatic carbocycles. The van der Waals surface area contributed by atoms with Crippen LogP contribution in [0.2, 0.25) is 0 Å². The Labute approximate surface area is 140 Å². The van der Waals surface area contributed by atoms with Crippen LogP contribution in [0, 0.1) is 10.1 Å². The number of nitrogens with one attached hydrogen (secondary N) is 1. The number of para-hydroxylation sites is 1. The summed E-state index contributed by atoms with van der Waals surface area (Å²) in [5.41, 5.74) is -1.08. The normalized spacial score (nSPS) is 11.8. The summed E-state index contributed by atoms with van der Waals surface area (Å²) in [6.45, 7) is 5.28. The molecule has 0 bridgehead atoms. The number of nitro groups is 1. The zero-order valence-corrected chi connectivity index (χ0v) is 14.8. The molecule has 9 nitrogen and oxygen atoms in total. The van der Waals surface area contributed by atoms with Crippen LogP contribution in [0.5, 0.6) is 0 Å². The molecule has 1 rings (SSSR count). The quantitative estimate of drug-likeness (QED) is 0.610. The largest absolute Gasteiger partial charge is 0.453 e. The Hall–Kier alpha value is -2.20. The van der Waals surface area contributed by atoms with E-state index in [1.54, 1.807) is 20.8 Å².